The molecule has 2 rings (SSSR count). The molecule has 0 aromatic carbocycles. The maximum atomic E-state index is 12.5. The molecule has 0 radical (unpaired) electrons. The number of nitrogens with one attached hydrogen (secondary N) is 1. The summed E-state index contributed by atoms with van der Waals surface area (Å²) in [5, 5.41) is 4.14. The number of thiophene rings is 1. The molecule has 0 aliphatic heterocycles. The van der Waals surface area contributed by atoms with Gasteiger partial charge in [0.2, 0.25) is 0 Å². The van der Waals surface area contributed by atoms with E-state index in [1.54, 1.807) is 11.3 Å². The highest BCUT2D eigenvalue weighted by Gasteiger charge is 2.27. The maximum absolute atomic E-state index is 12.5. The molecule has 0 fully saturated rings. The second kappa shape index (κ2) is 6.61. The first kappa shape index (κ1) is 16.0. The lowest BCUT2D eigenvalue weighted by Crippen LogP contribution is -2.43. The van der Waals surface area contributed by atoms with Crippen LogP contribution in [0.1, 0.15) is 60.1 Å². The fourth-order valence-corrected chi connectivity index (χ4v) is 4.28. The molecule has 1 aromatic rings. The van der Waals surface area contributed by atoms with Gasteiger partial charge in [0.25, 0.3) is 5.91 Å². The van der Waals surface area contributed by atoms with E-state index in [2.05, 4.69) is 48.1 Å². The molecule has 1 aliphatic rings. The monoisotopic (exact) mass is 357 g/mol. The van der Waals surface area contributed by atoms with E-state index < -0.39 is 0 Å². The summed E-state index contributed by atoms with van der Waals surface area (Å²) < 4.78 is 0. The summed E-state index contributed by atoms with van der Waals surface area (Å²) in [4.78, 5) is 14.8. The smallest absolute Gasteiger partial charge is 0.261 e. The van der Waals surface area contributed by atoms with Gasteiger partial charge in [-0.2, -0.15) is 0 Å². The van der Waals surface area contributed by atoms with Crippen molar-refractivity contribution in [3.05, 3.63) is 21.4 Å². The van der Waals surface area contributed by atoms with Gasteiger partial charge in [0.1, 0.15) is 0 Å². The molecule has 112 valence electrons. The number of rotatable bonds is 4. The van der Waals surface area contributed by atoms with Crippen LogP contribution in [0.15, 0.2) is 6.07 Å². The summed E-state index contributed by atoms with van der Waals surface area (Å²) in [5.41, 5.74) is 1.49. The minimum Gasteiger partial charge on any atom is -0.348 e. The third-order valence-electron chi connectivity index (χ3n) is 3.97. The average Bonchev–Trinajstić information content (AvgIpc) is 2.80. The van der Waals surface area contributed by atoms with Crippen molar-refractivity contribution < 1.29 is 4.79 Å². The second-order valence-electron chi connectivity index (χ2n) is 6.64. The van der Waals surface area contributed by atoms with Crippen molar-refractivity contribution in [1.82, 2.24) is 5.32 Å². The molecular weight excluding hydrogens is 334 g/mol. The number of fused-ring (bicyclic) bond motifs is 1. The van der Waals surface area contributed by atoms with Crippen LogP contribution in [0.3, 0.4) is 0 Å². The van der Waals surface area contributed by atoms with Crippen molar-refractivity contribution in [2.24, 2.45) is 5.41 Å². The standard InChI is InChI=1S/C16H24BrNOS/c1-16(2,3)14(8-9-17)18-15(19)13-10-11-6-4-5-7-12(11)20-13/h10,14H,4-9H2,1-3H3,(H,18,19). The van der Waals surface area contributed by atoms with Gasteiger partial charge in [0.05, 0.1) is 4.88 Å². The van der Waals surface area contributed by atoms with E-state index in [4.69, 9.17) is 0 Å². The third-order valence-corrected chi connectivity index (χ3v) is 5.66. The summed E-state index contributed by atoms with van der Waals surface area (Å²) in [6.07, 6.45) is 5.78. The number of alkyl halides is 1. The first-order chi connectivity index (χ1) is 9.41. The van der Waals surface area contributed by atoms with Crippen LogP contribution in [-0.2, 0) is 12.8 Å². The minimum atomic E-state index is 0.0836. The number of hydrogen-bond acceptors (Lipinski definition) is 2. The average molecular weight is 358 g/mol. The van der Waals surface area contributed by atoms with Crippen LogP contribution < -0.4 is 5.32 Å². The zero-order valence-corrected chi connectivity index (χ0v) is 15.0. The Hall–Kier alpha value is -0.350. The molecule has 1 unspecified atom stereocenters. The fraction of sp³-hybridized carbons (Fsp3) is 0.688. The van der Waals surface area contributed by atoms with E-state index in [1.165, 1.54) is 23.3 Å². The van der Waals surface area contributed by atoms with Crippen LogP contribution in [0.4, 0.5) is 0 Å². The number of hydrogen-bond donors (Lipinski definition) is 1. The fourth-order valence-electron chi connectivity index (χ4n) is 2.66. The number of halogens is 1. The molecule has 2 nitrogen and oxygen atoms in total. The predicted molar refractivity (Wildman–Crippen MR) is 90.1 cm³/mol. The van der Waals surface area contributed by atoms with Gasteiger partial charge >= 0.3 is 0 Å². The molecule has 1 aliphatic carbocycles. The number of amides is 1. The molecule has 4 heteroatoms. The van der Waals surface area contributed by atoms with Gasteiger partial charge in [-0.25, -0.2) is 0 Å². The Morgan fingerprint density at radius 2 is 2.10 bits per heavy atom. The summed E-state index contributed by atoms with van der Waals surface area (Å²) in [7, 11) is 0. The normalized spacial score (nSPS) is 16.6. The molecule has 1 N–H and O–H groups in total. The Kier molecular flexibility index (Phi) is 5.30. The van der Waals surface area contributed by atoms with Gasteiger partial charge in [0.15, 0.2) is 0 Å². The molecule has 20 heavy (non-hydrogen) atoms. The van der Waals surface area contributed by atoms with Crippen LogP contribution >= 0.6 is 27.3 Å². The highest BCUT2D eigenvalue weighted by atomic mass is 79.9. The van der Waals surface area contributed by atoms with Crippen LogP contribution in [0.5, 0.6) is 0 Å². The molecule has 1 aromatic heterocycles. The predicted octanol–water partition coefficient (Wildman–Crippen LogP) is 4.56. The zero-order chi connectivity index (χ0) is 14.8. The van der Waals surface area contributed by atoms with E-state index in [1.807, 2.05) is 0 Å². The van der Waals surface area contributed by atoms with Gasteiger partial charge in [-0.1, -0.05) is 36.7 Å². The molecule has 1 heterocycles. The third kappa shape index (κ3) is 3.85. The maximum Gasteiger partial charge on any atom is 0.261 e. The topological polar surface area (TPSA) is 29.1 Å². The van der Waals surface area contributed by atoms with Gasteiger partial charge < -0.3 is 5.32 Å². The van der Waals surface area contributed by atoms with E-state index in [-0.39, 0.29) is 17.4 Å². The summed E-state index contributed by atoms with van der Waals surface area (Å²) in [6, 6.07) is 2.32. The van der Waals surface area contributed by atoms with Gasteiger partial charge in [-0.3, -0.25) is 4.79 Å². The first-order valence-electron chi connectivity index (χ1n) is 7.40. The molecule has 0 saturated heterocycles. The Balaban J connectivity index is 2.08. The molecule has 0 saturated carbocycles. The molecular formula is C16H24BrNOS. The highest BCUT2D eigenvalue weighted by molar-refractivity contribution is 9.09. The number of carbonyl (C=O) groups is 1. The van der Waals surface area contributed by atoms with Crippen molar-refractivity contribution in [3.8, 4) is 0 Å². The highest BCUT2D eigenvalue weighted by Crippen LogP contribution is 2.30. The molecule has 0 bridgehead atoms. The van der Waals surface area contributed by atoms with Crippen molar-refractivity contribution in [1.29, 1.82) is 0 Å². The Morgan fingerprint density at radius 1 is 1.40 bits per heavy atom. The van der Waals surface area contributed by atoms with Crippen LogP contribution in [0.2, 0.25) is 0 Å². The summed E-state index contributed by atoms with van der Waals surface area (Å²) >= 11 is 5.18. The van der Waals surface area contributed by atoms with E-state index in [0.29, 0.717) is 0 Å². The molecule has 1 amide bonds. The first-order valence-corrected chi connectivity index (χ1v) is 9.34. The van der Waals surface area contributed by atoms with Crippen LogP contribution in [0, 0.1) is 5.41 Å². The van der Waals surface area contributed by atoms with Crippen molar-refractivity contribution in [2.45, 2.75) is 58.9 Å². The van der Waals surface area contributed by atoms with Gasteiger partial charge in [-0.15, -0.1) is 11.3 Å². The Bertz CT molecular complexity index is 452. The van der Waals surface area contributed by atoms with E-state index in [0.717, 1.165) is 29.5 Å². The number of carbonyl (C=O) groups excluding carboxylic acids is 1. The number of aryl methyl sites for hydroxylation is 2. The van der Waals surface area contributed by atoms with Crippen LogP contribution in [0.25, 0.3) is 0 Å². The van der Waals surface area contributed by atoms with Crippen molar-refractivity contribution in [2.75, 3.05) is 5.33 Å². The van der Waals surface area contributed by atoms with E-state index in [9.17, 15) is 4.79 Å². The van der Waals surface area contributed by atoms with E-state index >= 15 is 0 Å². The van der Waals surface area contributed by atoms with Crippen molar-refractivity contribution >= 4 is 33.2 Å². The lowest BCUT2D eigenvalue weighted by molar-refractivity contribution is 0.0905. The molecule has 0 spiro atoms. The zero-order valence-electron chi connectivity index (χ0n) is 12.6. The second-order valence-corrected chi connectivity index (χ2v) is 8.57. The summed E-state index contributed by atoms with van der Waals surface area (Å²) in [6.45, 7) is 6.54. The Labute approximate surface area is 134 Å². The van der Waals surface area contributed by atoms with Crippen molar-refractivity contribution in [3.63, 3.8) is 0 Å². The lowest BCUT2D eigenvalue weighted by atomic mass is 9.85. The van der Waals surface area contributed by atoms with Gasteiger partial charge in [-0.05, 0) is 49.1 Å². The van der Waals surface area contributed by atoms with Crippen LogP contribution in [-0.4, -0.2) is 17.3 Å². The van der Waals surface area contributed by atoms with Gasteiger partial charge in [0, 0.05) is 16.2 Å². The largest absolute Gasteiger partial charge is 0.348 e. The Morgan fingerprint density at radius 3 is 2.70 bits per heavy atom. The quantitative estimate of drug-likeness (QED) is 0.786. The molecule has 1 atom stereocenters. The summed E-state index contributed by atoms with van der Waals surface area (Å²) in [5.74, 6) is 0.102. The minimum absolute atomic E-state index is 0.0836. The lowest BCUT2D eigenvalue weighted by Gasteiger charge is -2.31. The SMILES string of the molecule is CC(C)(C)C(CCBr)NC(=O)c1cc2c(s1)CCCC2.